The maximum atomic E-state index is 11.4. The van der Waals surface area contributed by atoms with E-state index < -0.39 is 6.10 Å². The van der Waals surface area contributed by atoms with Gasteiger partial charge in [-0.15, -0.1) is 0 Å². The van der Waals surface area contributed by atoms with Crippen molar-refractivity contribution in [3.8, 4) is 0 Å². The van der Waals surface area contributed by atoms with Gasteiger partial charge in [-0.3, -0.25) is 4.79 Å². The lowest BCUT2D eigenvalue weighted by Gasteiger charge is -2.14. The van der Waals surface area contributed by atoms with Gasteiger partial charge in [0, 0.05) is 13.0 Å². The van der Waals surface area contributed by atoms with Gasteiger partial charge in [0.15, 0.2) is 0 Å². The second-order valence-corrected chi connectivity index (χ2v) is 4.42. The summed E-state index contributed by atoms with van der Waals surface area (Å²) in [5.74, 6) is 0.589. The van der Waals surface area contributed by atoms with Crippen molar-refractivity contribution in [2.24, 2.45) is 11.7 Å². The van der Waals surface area contributed by atoms with E-state index >= 15 is 0 Å². The minimum atomic E-state index is -0.473. The molecular formula is C12H26N2O2. The molecule has 4 N–H and O–H groups in total. The van der Waals surface area contributed by atoms with Gasteiger partial charge >= 0.3 is 0 Å². The molecule has 96 valence electrons. The Morgan fingerprint density at radius 2 is 2.06 bits per heavy atom. The summed E-state index contributed by atoms with van der Waals surface area (Å²) in [6, 6.07) is 0. The quantitative estimate of drug-likeness (QED) is 0.554. The topological polar surface area (TPSA) is 75.4 Å². The number of hydrogen-bond acceptors (Lipinski definition) is 3. The molecule has 0 aromatic rings. The van der Waals surface area contributed by atoms with Crippen molar-refractivity contribution in [3.63, 3.8) is 0 Å². The molecule has 0 bridgehead atoms. The highest BCUT2D eigenvalue weighted by Crippen LogP contribution is 2.16. The molecule has 0 spiro atoms. The van der Waals surface area contributed by atoms with Crippen molar-refractivity contribution in [3.05, 3.63) is 0 Å². The van der Waals surface area contributed by atoms with Gasteiger partial charge in [-0.05, 0) is 32.2 Å². The molecule has 0 heterocycles. The van der Waals surface area contributed by atoms with Crippen molar-refractivity contribution < 1.29 is 9.90 Å². The summed E-state index contributed by atoms with van der Waals surface area (Å²) in [5.41, 5.74) is 5.53. The lowest BCUT2D eigenvalue weighted by molar-refractivity contribution is -0.121. The Labute approximate surface area is 98.6 Å². The van der Waals surface area contributed by atoms with Gasteiger partial charge in [-0.1, -0.05) is 19.8 Å². The molecule has 0 fully saturated rings. The first-order valence-corrected chi connectivity index (χ1v) is 6.25. The summed E-state index contributed by atoms with van der Waals surface area (Å²) in [4.78, 5) is 11.4. The number of aliphatic hydroxyl groups is 1. The van der Waals surface area contributed by atoms with E-state index in [2.05, 4.69) is 12.2 Å². The summed E-state index contributed by atoms with van der Waals surface area (Å²) < 4.78 is 0. The SMILES string of the molecule is CCCC(CCN)CCC(=O)NCC(C)O. The van der Waals surface area contributed by atoms with Crippen LogP contribution >= 0.6 is 0 Å². The maximum absolute atomic E-state index is 11.4. The molecule has 0 radical (unpaired) electrons. The average molecular weight is 230 g/mol. The fourth-order valence-electron chi connectivity index (χ4n) is 1.76. The number of amides is 1. The number of carbonyl (C=O) groups is 1. The van der Waals surface area contributed by atoms with Crippen LogP contribution in [0.5, 0.6) is 0 Å². The number of rotatable bonds is 9. The van der Waals surface area contributed by atoms with Crippen LogP contribution in [0.4, 0.5) is 0 Å². The Morgan fingerprint density at radius 3 is 2.56 bits per heavy atom. The van der Waals surface area contributed by atoms with Crippen LogP contribution in [0.15, 0.2) is 0 Å². The van der Waals surface area contributed by atoms with Crippen LogP contribution in [-0.2, 0) is 4.79 Å². The van der Waals surface area contributed by atoms with E-state index in [-0.39, 0.29) is 5.91 Å². The number of nitrogens with one attached hydrogen (secondary N) is 1. The molecule has 0 aliphatic rings. The van der Waals surface area contributed by atoms with E-state index in [1.54, 1.807) is 6.92 Å². The molecule has 0 aliphatic heterocycles. The second-order valence-electron chi connectivity index (χ2n) is 4.42. The molecule has 0 saturated heterocycles. The molecule has 2 unspecified atom stereocenters. The van der Waals surface area contributed by atoms with Crippen LogP contribution in [0, 0.1) is 5.92 Å². The highest BCUT2D eigenvalue weighted by Gasteiger charge is 2.10. The van der Waals surface area contributed by atoms with E-state index in [4.69, 9.17) is 10.8 Å². The monoisotopic (exact) mass is 230 g/mol. The van der Waals surface area contributed by atoms with E-state index in [0.29, 0.717) is 25.4 Å². The normalized spacial score (nSPS) is 14.5. The van der Waals surface area contributed by atoms with Crippen LogP contribution in [0.1, 0.15) is 46.0 Å². The van der Waals surface area contributed by atoms with Gasteiger partial charge in [0.05, 0.1) is 6.10 Å². The number of nitrogens with two attached hydrogens (primary N) is 1. The summed E-state index contributed by atoms with van der Waals surface area (Å²) in [7, 11) is 0. The van der Waals surface area contributed by atoms with Crippen LogP contribution < -0.4 is 11.1 Å². The predicted molar refractivity (Wildman–Crippen MR) is 66.0 cm³/mol. The number of hydrogen-bond donors (Lipinski definition) is 3. The molecule has 2 atom stereocenters. The molecule has 0 aromatic heterocycles. The molecular weight excluding hydrogens is 204 g/mol. The third kappa shape index (κ3) is 8.68. The molecule has 4 nitrogen and oxygen atoms in total. The first-order chi connectivity index (χ1) is 7.60. The molecule has 16 heavy (non-hydrogen) atoms. The number of aliphatic hydroxyl groups excluding tert-OH is 1. The van der Waals surface area contributed by atoms with E-state index in [1.807, 2.05) is 0 Å². The lowest BCUT2D eigenvalue weighted by Crippen LogP contribution is -2.30. The minimum Gasteiger partial charge on any atom is -0.392 e. The van der Waals surface area contributed by atoms with Gasteiger partial charge in [0.2, 0.25) is 5.91 Å². The maximum Gasteiger partial charge on any atom is 0.220 e. The van der Waals surface area contributed by atoms with E-state index in [9.17, 15) is 4.79 Å². The average Bonchev–Trinajstić information content (AvgIpc) is 2.23. The van der Waals surface area contributed by atoms with Crippen molar-refractivity contribution in [2.75, 3.05) is 13.1 Å². The predicted octanol–water partition coefficient (Wildman–Crippen LogP) is 1.03. The fourth-order valence-corrected chi connectivity index (χ4v) is 1.76. The second kappa shape index (κ2) is 9.60. The van der Waals surface area contributed by atoms with Gasteiger partial charge in [-0.2, -0.15) is 0 Å². The summed E-state index contributed by atoms with van der Waals surface area (Å²) in [6.45, 7) is 4.85. The molecule has 0 aliphatic carbocycles. The molecule has 0 rings (SSSR count). The smallest absolute Gasteiger partial charge is 0.220 e. The van der Waals surface area contributed by atoms with Crippen LogP contribution in [0.2, 0.25) is 0 Å². The van der Waals surface area contributed by atoms with Gasteiger partial charge < -0.3 is 16.2 Å². The third-order valence-electron chi connectivity index (χ3n) is 2.65. The third-order valence-corrected chi connectivity index (χ3v) is 2.65. The summed E-state index contributed by atoms with van der Waals surface area (Å²) in [6.07, 6.45) is 4.24. The van der Waals surface area contributed by atoms with Crippen LogP contribution in [-0.4, -0.2) is 30.2 Å². The fraction of sp³-hybridized carbons (Fsp3) is 0.917. The highest BCUT2D eigenvalue weighted by molar-refractivity contribution is 5.75. The first-order valence-electron chi connectivity index (χ1n) is 6.25. The lowest BCUT2D eigenvalue weighted by atomic mass is 9.94. The zero-order valence-corrected chi connectivity index (χ0v) is 10.5. The van der Waals surface area contributed by atoms with Crippen molar-refractivity contribution in [1.82, 2.24) is 5.32 Å². The summed E-state index contributed by atoms with van der Waals surface area (Å²) in [5, 5.41) is 11.7. The molecule has 4 heteroatoms. The van der Waals surface area contributed by atoms with Crippen molar-refractivity contribution >= 4 is 5.91 Å². The van der Waals surface area contributed by atoms with Gasteiger partial charge in [0.25, 0.3) is 0 Å². The van der Waals surface area contributed by atoms with Crippen molar-refractivity contribution in [1.29, 1.82) is 0 Å². The van der Waals surface area contributed by atoms with Crippen molar-refractivity contribution in [2.45, 2.75) is 52.1 Å². The molecule has 1 amide bonds. The zero-order valence-electron chi connectivity index (χ0n) is 10.5. The Kier molecular flexibility index (Phi) is 9.24. The Balaban J connectivity index is 3.68. The van der Waals surface area contributed by atoms with Gasteiger partial charge in [-0.25, -0.2) is 0 Å². The number of carbonyl (C=O) groups excluding carboxylic acids is 1. The van der Waals surface area contributed by atoms with Crippen LogP contribution in [0.3, 0.4) is 0 Å². The standard InChI is InChI=1S/C12H26N2O2/c1-3-4-11(7-8-13)5-6-12(16)14-9-10(2)15/h10-11,15H,3-9,13H2,1-2H3,(H,14,16). The molecule has 0 aromatic carbocycles. The van der Waals surface area contributed by atoms with Gasteiger partial charge in [0.1, 0.15) is 0 Å². The zero-order chi connectivity index (χ0) is 12.4. The Bertz CT molecular complexity index is 178. The Hall–Kier alpha value is -0.610. The first kappa shape index (κ1) is 15.4. The minimum absolute atomic E-state index is 0.0269. The van der Waals surface area contributed by atoms with Crippen LogP contribution in [0.25, 0.3) is 0 Å². The largest absolute Gasteiger partial charge is 0.392 e. The summed E-state index contributed by atoms with van der Waals surface area (Å²) >= 11 is 0. The van der Waals surface area contributed by atoms with E-state index in [0.717, 1.165) is 25.7 Å². The Morgan fingerprint density at radius 1 is 1.38 bits per heavy atom. The van der Waals surface area contributed by atoms with E-state index in [1.165, 1.54) is 0 Å². The highest BCUT2D eigenvalue weighted by atomic mass is 16.3. The molecule has 0 saturated carbocycles.